The number of rotatable bonds is 2. The van der Waals surface area contributed by atoms with E-state index in [1.807, 2.05) is 0 Å². The van der Waals surface area contributed by atoms with Crippen molar-refractivity contribution in [2.24, 2.45) is 0 Å². The zero-order valence-corrected chi connectivity index (χ0v) is 7.78. The Morgan fingerprint density at radius 2 is 2.36 bits per heavy atom. The third-order valence-electron chi connectivity index (χ3n) is 1.14. The van der Waals surface area contributed by atoms with E-state index in [0.29, 0.717) is 0 Å². The molecule has 0 unspecified atom stereocenters. The van der Waals surface area contributed by atoms with Crippen LogP contribution in [0.15, 0.2) is 18.3 Å². The maximum Gasteiger partial charge on any atom is 0.307 e. The summed E-state index contributed by atoms with van der Waals surface area (Å²) in [7, 11) is 0. The Bertz CT molecular complexity index is 258. The van der Waals surface area contributed by atoms with E-state index in [1.54, 1.807) is 18.3 Å². The molecular formula is C7H6INO2. The molecule has 0 aromatic carbocycles. The third-order valence-corrected chi connectivity index (χ3v) is 1.78. The van der Waals surface area contributed by atoms with E-state index in [0.717, 1.165) is 9.26 Å². The summed E-state index contributed by atoms with van der Waals surface area (Å²) in [6.07, 6.45) is 1.62. The Morgan fingerprint density at radius 3 is 2.82 bits per heavy atom. The molecule has 0 aliphatic carbocycles. The Balaban J connectivity index is 2.74. The molecule has 1 N–H and O–H groups in total. The molecule has 1 heterocycles. The lowest BCUT2D eigenvalue weighted by atomic mass is 10.2. The number of nitrogens with zero attached hydrogens (tertiary/aromatic N) is 1. The lowest BCUT2D eigenvalue weighted by Crippen LogP contribution is -2.00. The number of carboxylic acid groups (broad SMARTS) is 1. The fourth-order valence-corrected chi connectivity index (χ4v) is 1.00. The van der Waals surface area contributed by atoms with E-state index in [1.165, 1.54) is 0 Å². The molecule has 0 saturated carbocycles. The summed E-state index contributed by atoms with van der Waals surface area (Å²) in [6, 6.07) is 3.56. The fraction of sp³-hybridized carbons (Fsp3) is 0.143. The molecule has 1 aromatic rings. The van der Waals surface area contributed by atoms with Crippen molar-refractivity contribution >= 4 is 28.6 Å². The monoisotopic (exact) mass is 263 g/mol. The highest BCUT2D eigenvalue weighted by atomic mass is 127. The van der Waals surface area contributed by atoms with E-state index in [4.69, 9.17) is 5.11 Å². The zero-order chi connectivity index (χ0) is 8.27. The van der Waals surface area contributed by atoms with Crippen LogP contribution < -0.4 is 0 Å². The SMILES string of the molecule is O=C(O)Cc1ccc(I)nc1. The molecule has 0 aliphatic rings. The molecule has 0 fully saturated rings. The molecule has 0 spiro atoms. The van der Waals surface area contributed by atoms with Gasteiger partial charge in [-0.2, -0.15) is 0 Å². The average molecular weight is 263 g/mol. The summed E-state index contributed by atoms with van der Waals surface area (Å²) >= 11 is 2.07. The van der Waals surface area contributed by atoms with Gasteiger partial charge in [0.2, 0.25) is 0 Å². The van der Waals surface area contributed by atoms with Gasteiger partial charge in [-0.05, 0) is 34.2 Å². The highest BCUT2D eigenvalue weighted by molar-refractivity contribution is 14.1. The van der Waals surface area contributed by atoms with Gasteiger partial charge in [0.05, 0.1) is 6.42 Å². The Morgan fingerprint density at radius 1 is 1.64 bits per heavy atom. The predicted molar refractivity (Wildman–Crippen MR) is 48.3 cm³/mol. The molecule has 0 saturated heterocycles. The average Bonchev–Trinajstić information content (AvgIpc) is 1.93. The summed E-state index contributed by atoms with van der Waals surface area (Å²) in [5.74, 6) is -0.826. The highest BCUT2D eigenvalue weighted by Crippen LogP contribution is 2.02. The molecular weight excluding hydrogens is 257 g/mol. The molecule has 1 rings (SSSR count). The molecule has 0 aliphatic heterocycles. The maximum absolute atomic E-state index is 10.2. The van der Waals surface area contributed by atoms with Crippen molar-refractivity contribution in [2.75, 3.05) is 0 Å². The summed E-state index contributed by atoms with van der Waals surface area (Å²) in [6.45, 7) is 0. The smallest absolute Gasteiger partial charge is 0.307 e. The molecule has 0 amide bonds. The Kier molecular flexibility index (Phi) is 2.81. The molecule has 0 bridgehead atoms. The normalized spacial score (nSPS) is 9.55. The number of halogens is 1. The summed E-state index contributed by atoms with van der Waals surface area (Å²) in [4.78, 5) is 14.2. The molecule has 58 valence electrons. The van der Waals surface area contributed by atoms with Gasteiger partial charge in [0.15, 0.2) is 0 Å². The minimum Gasteiger partial charge on any atom is -0.481 e. The number of hydrogen-bond acceptors (Lipinski definition) is 2. The van der Waals surface area contributed by atoms with Crippen molar-refractivity contribution in [1.29, 1.82) is 0 Å². The molecule has 0 radical (unpaired) electrons. The second kappa shape index (κ2) is 3.66. The first-order chi connectivity index (χ1) is 5.18. The van der Waals surface area contributed by atoms with Gasteiger partial charge in [-0.1, -0.05) is 6.07 Å². The van der Waals surface area contributed by atoms with E-state index in [9.17, 15) is 4.79 Å². The topological polar surface area (TPSA) is 50.2 Å². The molecule has 3 nitrogen and oxygen atoms in total. The lowest BCUT2D eigenvalue weighted by molar-refractivity contribution is -0.136. The maximum atomic E-state index is 10.2. The van der Waals surface area contributed by atoms with Crippen molar-refractivity contribution in [1.82, 2.24) is 4.98 Å². The standard InChI is InChI=1S/C7H6INO2/c8-6-2-1-5(4-9-6)3-7(10)11/h1-2,4H,3H2,(H,10,11). The van der Waals surface area contributed by atoms with Crippen molar-refractivity contribution in [3.8, 4) is 0 Å². The molecule has 11 heavy (non-hydrogen) atoms. The van der Waals surface area contributed by atoms with Gasteiger partial charge in [-0.15, -0.1) is 0 Å². The van der Waals surface area contributed by atoms with Gasteiger partial charge >= 0.3 is 5.97 Å². The second-order valence-corrected chi connectivity index (χ2v) is 3.16. The van der Waals surface area contributed by atoms with Gasteiger partial charge in [0.25, 0.3) is 0 Å². The number of carbonyl (C=O) groups is 1. The van der Waals surface area contributed by atoms with Crippen LogP contribution in [0.3, 0.4) is 0 Å². The van der Waals surface area contributed by atoms with Gasteiger partial charge in [-0.25, -0.2) is 0 Å². The minimum atomic E-state index is -0.826. The van der Waals surface area contributed by atoms with Crippen LogP contribution in [-0.2, 0) is 11.2 Å². The van der Waals surface area contributed by atoms with E-state index in [-0.39, 0.29) is 6.42 Å². The number of pyridine rings is 1. The predicted octanol–water partition coefficient (Wildman–Crippen LogP) is 1.31. The van der Waals surface area contributed by atoms with Crippen molar-refractivity contribution < 1.29 is 9.90 Å². The molecule has 1 aromatic heterocycles. The summed E-state index contributed by atoms with van der Waals surface area (Å²) < 4.78 is 0.872. The molecule has 0 atom stereocenters. The van der Waals surface area contributed by atoms with Gasteiger partial charge < -0.3 is 5.11 Å². The Labute approximate surface area is 77.6 Å². The van der Waals surface area contributed by atoms with Crippen LogP contribution in [0.5, 0.6) is 0 Å². The van der Waals surface area contributed by atoms with Crippen molar-refractivity contribution in [2.45, 2.75) is 6.42 Å². The summed E-state index contributed by atoms with van der Waals surface area (Å²) in [5.41, 5.74) is 0.734. The van der Waals surface area contributed by atoms with Gasteiger partial charge in [-0.3, -0.25) is 9.78 Å². The fourth-order valence-electron chi connectivity index (χ4n) is 0.686. The van der Waals surface area contributed by atoms with Crippen LogP contribution in [0, 0.1) is 3.70 Å². The second-order valence-electron chi connectivity index (χ2n) is 2.06. The molecule has 4 heteroatoms. The first-order valence-corrected chi connectivity index (χ1v) is 4.08. The number of carboxylic acids is 1. The van der Waals surface area contributed by atoms with Crippen molar-refractivity contribution in [3.63, 3.8) is 0 Å². The first-order valence-electron chi connectivity index (χ1n) is 3.00. The number of aliphatic carboxylic acids is 1. The van der Waals surface area contributed by atoms with Crippen LogP contribution in [0.25, 0.3) is 0 Å². The van der Waals surface area contributed by atoms with E-state index < -0.39 is 5.97 Å². The Hall–Kier alpha value is -0.650. The van der Waals surface area contributed by atoms with Crippen LogP contribution >= 0.6 is 22.6 Å². The lowest BCUT2D eigenvalue weighted by Gasteiger charge is -1.94. The van der Waals surface area contributed by atoms with E-state index in [2.05, 4.69) is 27.6 Å². The zero-order valence-electron chi connectivity index (χ0n) is 5.62. The van der Waals surface area contributed by atoms with E-state index >= 15 is 0 Å². The summed E-state index contributed by atoms with van der Waals surface area (Å²) in [5, 5.41) is 8.41. The highest BCUT2D eigenvalue weighted by Gasteiger charge is 1.99. The minimum absolute atomic E-state index is 0.0456. The number of aromatic nitrogens is 1. The number of hydrogen-bond donors (Lipinski definition) is 1. The van der Waals surface area contributed by atoms with Crippen LogP contribution in [0.4, 0.5) is 0 Å². The third kappa shape index (κ3) is 2.83. The quantitative estimate of drug-likeness (QED) is 0.646. The van der Waals surface area contributed by atoms with Gasteiger partial charge in [0.1, 0.15) is 3.70 Å². The van der Waals surface area contributed by atoms with Crippen LogP contribution in [0.1, 0.15) is 5.56 Å². The van der Waals surface area contributed by atoms with Crippen LogP contribution in [0.2, 0.25) is 0 Å². The van der Waals surface area contributed by atoms with Crippen molar-refractivity contribution in [3.05, 3.63) is 27.6 Å². The largest absolute Gasteiger partial charge is 0.481 e. The van der Waals surface area contributed by atoms with Gasteiger partial charge in [0, 0.05) is 6.20 Å². The van der Waals surface area contributed by atoms with Crippen LogP contribution in [-0.4, -0.2) is 16.1 Å². The first kappa shape index (κ1) is 8.45.